The number of aliphatic hydroxyl groups is 2. The molecule has 2 amide bonds. The standard InChI is InChI=1S/C33H40N6O4/c1-20-14-21(15-26-27(20)17-35-39(33(26)43)29-4-2-3-11-34-29)18-37-12-9-22(10-13-37)23-5-6-25-24(16-23)19-38(32(25)42)28-7-8-30(40)36-31(28)41/h2-6,11,14,16-17,20,22,26-28,30,32,40,42H,7-10,12-13,15,18-19H2,1H3,(H,36,41). The van der Waals surface area contributed by atoms with Crippen molar-refractivity contribution in [3.8, 4) is 0 Å². The van der Waals surface area contributed by atoms with Crippen LogP contribution in [0.15, 0.2) is 59.3 Å². The molecule has 0 bridgehead atoms. The van der Waals surface area contributed by atoms with Crippen molar-refractivity contribution in [3.63, 3.8) is 0 Å². The molecular formula is C33H40N6O4. The topological polar surface area (TPSA) is 122 Å². The van der Waals surface area contributed by atoms with E-state index in [2.05, 4.69) is 45.4 Å². The average molecular weight is 585 g/mol. The monoisotopic (exact) mass is 584 g/mol. The van der Waals surface area contributed by atoms with Crippen LogP contribution in [0.2, 0.25) is 0 Å². The van der Waals surface area contributed by atoms with Crippen LogP contribution in [0.25, 0.3) is 0 Å². The lowest BCUT2D eigenvalue weighted by atomic mass is 9.73. The Kier molecular flexibility index (Phi) is 7.63. The van der Waals surface area contributed by atoms with Gasteiger partial charge in [-0.15, -0.1) is 0 Å². The molecule has 2 fully saturated rings. The highest BCUT2D eigenvalue weighted by atomic mass is 16.3. The minimum atomic E-state index is -0.805. The Labute approximate surface area is 252 Å². The van der Waals surface area contributed by atoms with Gasteiger partial charge >= 0.3 is 0 Å². The fourth-order valence-electron chi connectivity index (χ4n) is 7.77. The molecule has 0 saturated carbocycles. The first-order valence-electron chi connectivity index (χ1n) is 15.6. The second-order valence-electron chi connectivity index (χ2n) is 12.8. The molecule has 1 aliphatic carbocycles. The SMILES string of the molecule is CC1C=C(CN2CCC(c3ccc4c(c3)CN(C3CCC(O)NC3=O)C4O)CC2)CC2C(=O)N(c3ccccn3)N=CC12. The molecule has 3 N–H and O–H groups in total. The summed E-state index contributed by atoms with van der Waals surface area (Å²) in [7, 11) is 0. The Hall–Kier alpha value is -3.44. The molecule has 0 spiro atoms. The molecule has 7 rings (SSSR count). The number of aromatic nitrogens is 1. The highest BCUT2D eigenvalue weighted by Gasteiger charge is 2.42. The van der Waals surface area contributed by atoms with E-state index in [9.17, 15) is 19.8 Å². The number of carbonyl (C=O) groups is 2. The largest absolute Gasteiger partial charge is 0.374 e. The van der Waals surface area contributed by atoms with Gasteiger partial charge in [0, 0.05) is 31.4 Å². The molecule has 1 aromatic heterocycles. The number of allylic oxidation sites excluding steroid dienone is 1. The number of piperidine rings is 2. The third kappa shape index (κ3) is 5.42. The van der Waals surface area contributed by atoms with Crippen molar-refractivity contribution in [1.29, 1.82) is 0 Å². The molecular weight excluding hydrogens is 544 g/mol. The average Bonchev–Trinajstić information content (AvgIpc) is 3.33. The molecule has 1 aromatic carbocycles. The van der Waals surface area contributed by atoms with E-state index in [0.29, 0.717) is 31.1 Å². The quantitative estimate of drug-likeness (QED) is 0.462. The van der Waals surface area contributed by atoms with E-state index in [-0.39, 0.29) is 29.6 Å². The number of amides is 2. The summed E-state index contributed by atoms with van der Waals surface area (Å²) in [5, 5.41) is 29.3. The molecule has 10 heteroatoms. The van der Waals surface area contributed by atoms with Gasteiger partial charge in [-0.1, -0.05) is 42.8 Å². The summed E-state index contributed by atoms with van der Waals surface area (Å²) in [5.41, 5.74) is 4.59. The summed E-state index contributed by atoms with van der Waals surface area (Å²) in [6, 6.07) is 11.5. The Morgan fingerprint density at radius 1 is 1.05 bits per heavy atom. The van der Waals surface area contributed by atoms with Crippen molar-refractivity contribution < 1.29 is 19.8 Å². The number of rotatable bonds is 5. The maximum Gasteiger partial charge on any atom is 0.252 e. The van der Waals surface area contributed by atoms with Crippen LogP contribution in [0, 0.1) is 17.8 Å². The van der Waals surface area contributed by atoms with Crippen molar-refractivity contribution in [3.05, 3.63) is 70.9 Å². The second kappa shape index (κ2) is 11.6. The lowest BCUT2D eigenvalue weighted by Gasteiger charge is -2.39. The van der Waals surface area contributed by atoms with Crippen LogP contribution in [0.3, 0.4) is 0 Å². The number of benzene rings is 1. The molecule has 0 radical (unpaired) electrons. The van der Waals surface area contributed by atoms with Gasteiger partial charge < -0.3 is 15.5 Å². The van der Waals surface area contributed by atoms with Crippen molar-refractivity contribution in [2.75, 3.05) is 24.6 Å². The number of pyridine rings is 1. The minimum absolute atomic E-state index is 0.0318. The third-order valence-corrected chi connectivity index (χ3v) is 10.1. The molecule has 2 aromatic rings. The van der Waals surface area contributed by atoms with E-state index in [1.165, 1.54) is 16.1 Å². The highest BCUT2D eigenvalue weighted by molar-refractivity contribution is 5.99. The molecule has 43 heavy (non-hydrogen) atoms. The van der Waals surface area contributed by atoms with Crippen LogP contribution >= 0.6 is 0 Å². The molecule has 2 saturated heterocycles. The lowest BCUT2D eigenvalue weighted by Crippen LogP contribution is -2.53. The van der Waals surface area contributed by atoms with Crippen molar-refractivity contribution in [2.45, 2.75) is 70.0 Å². The molecule has 5 aliphatic rings. The summed E-state index contributed by atoms with van der Waals surface area (Å²) in [5.74, 6) is 1.10. The summed E-state index contributed by atoms with van der Waals surface area (Å²) >= 11 is 0. The van der Waals surface area contributed by atoms with Crippen LogP contribution in [0.5, 0.6) is 0 Å². The van der Waals surface area contributed by atoms with E-state index in [1.807, 2.05) is 35.4 Å². The fourth-order valence-corrected chi connectivity index (χ4v) is 7.77. The number of aliphatic hydroxyl groups excluding tert-OH is 2. The maximum absolute atomic E-state index is 13.5. The summed E-state index contributed by atoms with van der Waals surface area (Å²) in [6.45, 7) is 5.60. The van der Waals surface area contributed by atoms with Gasteiger partial charge in [0.1, 0.15) is 12.5 Å². The summed E-state index contributed by atoms with van der Waals surface area (Å²) < 4.78 is 0. The van der Waals surface area contributed by atoms with Gasteiger partial charge in [-0.2, -0.15) is 10.1 Å². The molecule has 5 heterocycles. The van der Waals surface area contributed by atoms with E-state index >= 15 is 0 Å². The van der Waals surface area contributed by atoms with E-state index in [0.717, 1.165) is 50.0 Å². The minimum Gasteiger partial charge on any atom is -0.374 e. The number of nitrogens with one attached hydrogen (secondary N) is 1. The smallest absolute Gasteiger partial charge is 0.252 e. The van der Waals surface area contributed by atoms with Crippen LogP contribution < -0.4 is 10.3 Å². The predicted molar refractivity (Wildman–Crippen MR) is 162 cm³/mol. The maximum atomic E-state index is 13.5. The number of likely N-dealkylation sites (tertiary alicyclic amines) is 1. The Morgan fingerprint density at radius 3 is 2.65 bits per heavy atom. The van der Waals surface area contributed by atoms with Gasteiger partial charge in [0.15, 0.2) is 5.82 Å². The molecule has 226 valence electrons. The molecule has 6 unspecified atom stereocenters. The number of hydrazone groups is 1. The number of fused-ring (bicyclic) bond motifs is 2. The van der Waals surface area contributed by atoms with Crippen molar-refractivity contribution in [2.24, 2.45) is 22.9 Å². The molecule has 4 aliphatic heterocycles. The molecule has 10 nitrogen and oxygen atoms in total. The van der Waals surface area contributed by atoms with Gasteiger partial charge in [0.2, 0.25) is 5.91 Å². The fraction of sp³-hybridized carbons (Fsp3) is 0.515. The number of nitrogens with zero attached hydrogens (tertiary/aromatic N) is 5. The van der Waals surface area contributed by atoms with Gasteiger partial charge in [-0.05, 0) is 85.9 Å². The summed E-state index contributed by atoms with van der Waals surface area (Å²) in [6.07, 6.45) is 8.27. The normalized spacial score (nSPS) is 31.9. The highest BCUT2D eigenvalue weighted by Crippen LogP contribution is 2.40. The van der Waals surface area contributed by atoms with Crippen LogP contribution in [-0.2, 0) is 16.1 Å². The summed E-state index contributed by atoms with van der Waals surface area (Å²) in [4.78, 5) is 34.7. The Balaban J connectivity index is 0.961. The Morgan fingerprint density at radius 2 is 1.88 bits per heavy atom. The first kappa shape index (κ1) is 28.3. The van der Waals surface area contributed by atoms with Crippen molar-refractivity contribution >= 4 is 23.8 Å². The zero-order valence-electron chi connectivity index (χ0n) is 24.5. The van der Waals surface area contributed by atoms with Crippen LogP contribution in [-0.4, -0.2) is 74.9 Å². The van der Waals surface area contributed by atoms with E-state index in [1.54, 1.807) is 6.20 Å². The third-order valence-electron chi connectivity index (χ3n) is 10.1. The number of hydrogen-bond acceptors (Lipinski definition) is 8. The van der Waals surface area contributed by atoms with Crippen LogP contribution in [0.1, 0.15) is 67.9 Å². The van der Waals surface area contributed by atoms with Gasteiger partial charge in [-0.25, -0.2) is 4.98 Å². The Bertz CT molecular complexity index is 1440. The number of anilines is 1. The zero-order chi connectivity index (χ0) is 29.7. The predicted octanol–water partition coefficient (Wildman–Crippen LogP) is 2.90. The first-order chi connectivity index (χ1) is 20.9. The van der Waals surface area contributed by atoms with Gasteiger partial charge in [-0.3, -0.25) is 19.4 Å². The van der Waals surface area contributed by atoms with Crippen molar-refractivity contribution in [1.82, 2.24) is 20.1 Å². The lowest BCUT2D eigenvalue weighted by molar-refractivity contribution is -0.139. The number of carbonyl (C=O) groups excluding carboxylic acids is 2. The van der Waals surface area contributed by atoms with Crippen LogP contribution in [0.4, 0.5) is 5.82 Å². The van der Waals surface area contributed by atoms with Gasteiger partial charge in [0.25, 0.3) is 5.91 Å². The van der Waals surface area contributed by atoms with E-state index < -0.39 is 18.5 Å². The zero-order valence-corrected chi connectivity index (χ0v) is 24.5. The number of hydrogen-bond donors (Lipinski definition) is 3. The van der Waals surface area contributed by atoms with E-state index in [4.69, 9.17) is 0 Å². The first-order valence-corrected chi connectivity index (χ1v) is 15.6. The van der Waals surface area contributed by atoms with Gasteiger partial charge in [0.05, 0.1) is 12.0 Å². The molecule has 6 atom stereocenters. The second-order valence-corrected chi connectivity index (χ2v) is 12.8.